The van der Waals surface area contributed by atoms with E-state index in [4.69, 9.17) is 10.2 Å². The second-order valence-corrected chi connectivity index (χ2v) is 4.43. The third-order valence-corrected chi connectivity index (χ3v) is 3.04. The van der Waals surface area contributed by atoms with Crippen molar-refractivity contribution in [1.82, 2.24) is 0 Å². The van der Waals surface area contributed by atoms with E-state index in [2.05, 4.69) is 14.8 Å². The molecule has 0 aliphatic heterocycles. The predicted molar refractivity (Wildman–Crippen MR) is 50.0 cm³/mol. The van der Waals surface area contributed by atoms with Crippen molar-refractivity contribution in [2.24, 2.45) is 5.73 Å². The number of carboxylic acids is 1. The third-order valence-electron chi connectivity index (χ3n) is 1.16. The molecule has 0 saturated heterocycles. The molecule has 4 N–H and O–H groups in total. The Labute approximate surface area is 82.3 Å². The van der Waals surface area contributed by atoms with Gasteiger partial charge in [0.1, 0.15) is 0 Å². The zero-order valence-corrected chi connectivity index (χ0v) is 9.07. The van der Waals surface area contributed by atoms with Crippen molar-refractivity contribution in [2.75, 3.05) is 27.1 Å². The Balaban J connectivity index is 0. The van der Waals surface area contributed by atoms with E-state index in [0.717, 1.165) is 0 Å². The Hall–Kier alpha value is -0.460. The molecule has 0 radical (unpaired) electrons. The van der Waals surface area contributed by atoms with E-state index < -0.39 is 13.6 Å². The molecular formula is C6H16NO6P. The SMILES string of the molecule is COP(=O)(CCC(=O)O)OC.NCO. The monoisotopic (exact) mass is 229 g/mol. The summed E-state index contributed by atoms with van der Waals surface area (Å²) >= 11 is 0. The molecule has 0 bridgehead atoms. The van der Waals surface area contributed by atoms with Crippen LogP contribution in [0.3, 0.4) is 0 Å². The molecule has 0 fully saturated rings. The lowest BCUT2D eigenvalue weighted by Gasteiger charge is -2.11. The Kier molecular flexibility index (Phi) is 10.4. The van der Waals surface area contributed by atoms with Gasteiger partial charge in [0, 0.05) is 14.2 Å². The lowest BCUT2D eigenvalue weighted by Crippen LogP contribution is -2.01. The molecule has 0 aromatic heterocycles. The van der Waals surface area contributed by atoms with Gasteiger partial charge in [-0.2, -0.15) is 0 Å². The summed E-state index contributed by atoms with van der Waals surface area (Å²) in [5.41, 5.74) is 4.40. The molecule has 0 atom stereocenters. The van der Waals surface area contributed by atoms with Crippen LogP contribution in [0.25, 0.3) is 0 Å². The van der Waals surface area contributed by atoms with E-state index in [9.17, 15) is 9.36 Å². The lowest BCUT2D eigenvalue weighted by atomic mass is 10.5. The largest absolute Gasteiger partial charge is 0.481 e. The highest BCUT2D eigenvalue weighted by atomic mass is 31.2. The summed E-state index contributed by atoms with van der Waals surface area (Å²) in [4.78, 5) is 10.0. The van der Waals surface area contributed by atoms with E-state index in [1.165, 1.54) is 14.2 Å². The second kappa shape index (κ2) is 9.11. The molecule has 0 heterocycles. The molecule has 0 aliphatic rings. The molecule has 0 unspecified atom stereocenters. The normalized spacial score (nSPS) is 10.3. The van der Waals surface area contributed by atoms with Gasteiger partial charge in [-0.3, -0.25) is 9.36 Å². The van der Waals surface area contributed by atoms with Gasteiger partial charge in [-0.15, -0.1) is 0 Å². The van der Waals surface area contributed by atoms with Gasteiger partial charge in [-0.05, 0) is 0 Å². The van der Waals surface area contributed by atoms with E-state index in [-0.39, 0.29) is 19.3 Å². The number of hydrogen-bond donors (Lipinski definition) is 3. The Morgan fingerprint density at radius 3 is 2.00 bits per heavy atom. The van der Waals surface area contributed by atoms with Gasteiger partial charge in [0.25, 0.3) is 0 Å². The summed E-state index contributed by atoms with van der Waals surface area (Å²) in [7, 11) is -0.659. The number of nitrogens with two attached hydrogens (primary N) is 1. The van der Waals surface area contributed by atoms with Gasteiger partial charge in [0.2, 0.25) is 0 Å². The number of aliphatic hydroxyl groups is 1. The maximum absolute atomic E-state index is 11.1. The van der Waals surface area contributed by atoms with E-state index in [1.807, 2.05) is 0 Å². The number of hydrogen-bond acceptors (Lipinski definition) is 6. The van der Waals surface area contributed by atoms with Gasteiger partial charge in [-0.1, -0.05) is 0 Å². The van der Waals surface area contributed by atoms with Crippen LogP contribution in [0.2, 0.25) is 0 Å². The zero-order chi connectivity index (χ0) is 11.6. The maximum Gasteiger partial charge on any atom is 0.330 e. The van der Waals surface area contributed by atoms with E-state index in [1.54, 1.807) is 0 Å². The highest BCUT2D eigenvalue weighted by Crippen LogP contribution is 2.46. The standard InChI is InChI=1S/C5H11O5P.CH5NO/c1-9-11(8,10-2)4-3-5(6)7;2-1-3/h3-4H2,1-2H3,(H,6,7);3H,1-2H2. The fourth-order valence-corrected chi connectivity index (χ4v) is 1.47. The first kappa shape index (κ1) is 16.0. The quantitative estimate of drug-likeness (QED) is 0.442. The number of aliphatic carboxylic acids is 1. The number of rotatable bonds is 5. The average molecular weight is 229 g/mol. The summed E-state index contributed by atoms with van der Waals surface area (Å²) < 4.78 is 20.2. The molecule has 8 heteroatoms. The molecule has 0 aliphatic carbocycles. The molecule has 86 valence electrons. The average Bonchev–Trinajstić information content (AvgIpc) is 2.15. The third kappa shape index (κ3) is 9.63. The lowest BCUT2D eigenvalue weighted by molar-refractivity contribution is -0.136. The second-order valence-electron chi connectivity index (χ2n) is 2.03. The fraction of sp³-hybridized carbons (Fsp3) is 0.833. The first-order valence-electron chi connectivity index (χ1n) is 3.69. The van der Waals surface area contributed by atoms with Crippen LogP contribution in [0, 0.1) is 0 Å². The van der Waals surface area contributed by atoms with Gasteiger partial charge < -0.3 is 25.0 Å². The van der Waals surface area contributed by atoms with Crippen molar-refractivity contribution in [2.45, 2.75) is 6.42 Å². The van der Waals surface area contributed by atoms with Gasteiger partial charge in [0.05, 0.1) is 19.3 Å². The molecule has 14 heavy (non-hydrogen) atoms. The van der Waals surface area contributed by atoms with Crippen LogP contribution in [0.5, 0.6) is 0 Å². The van der Waals surface area contributed by atoms with Crippen molar-refractivity contribution in [3.05, 3.63) is 0 Å². The van der Waals surface area contributed by atoms with Crippen LogP contribution in [-0.2, 0) is 18.4 Å². The molecule has 0 saturated carbocycles. The van der Waals surface area contributed by atoms with Crippen molar-refractivity contribution in [1.29, 1.82) is 0 Å². The molecule has 0 spiro atoms. The van der Waals surface area contributed by atoms with Crippen LogP contribution in [-0.4, -0.2) is 43.3 Å². The first-order chi connectivity index (χ1) is 6.45. The predicted octanol–water partition coefficient (Wildman–Crippen LogP) is -0.158. The van der Waals surface area contributed by atoms with E-state index in [0.29, 0.717) is 0 Å². The van der Waals surface area contributed by atoms with Crippen LogP contribution in [0.4, 0.5) is 0 Å². The molecule has 0 aromatic carbocycles. The highest BCUT2D eigenvalue weighted by molar-refractivity contribution is 7.53. The number of carbonyl (C=O) groups is 1. The molecule has 0 aromatic rings. The Morgan fingerprint density at radius 2 is 1.79 bits per heavy atom. The first-order valence-corrected chi connectivity index (χ1v) is 5.41. The van der Waals surface area contributed by atoms with E-state index >= 15 is 0 Å². The molecular weight excluding hydrogens is 213 g/mol. The molecule has 0 rings (SSSR count). The smallest absolute Gasteiger partial charge is 0.330 e. The molecule has 7 nitrogen and oxygen atoms in total. The minimum Gasteiger partial charge on any atom is -0.481 e. The number of carboxylic acid groups (broad SMARTS) is 1. The van der Waals surface area contributed by atoms with Crippen molar-refractivity contribution in [3.8, 4) is 0 Å². The summed E-state index contributed by atoms with van der Waals surface area (Å²) in [5, 5.41) is 15.6. The van der Waals surface area contributed by atoms with Gasteiger partial charge in [0.15, 0.2) is 0 Å². The highest BCUT2D eigenvalue weighted by Gasteiger charge is 2.21. The van der Waals surface area contributed by atoms with Crippen LogP contribution in [0.15, 0.2) is 0 Å². The maximum atomic E-state index is 11.1. The molecule has 0 amide bonds. The van der Waals surface area contributed by atoms with Gasteiger partial charge in [-0.25, -0.2) is 0 Å². The Morgan fingerprint density at radius 1 is 1.43 bits per heavy atom. The van der Waals surface area contributed by atoms with Crippen LogP contribution < -0.4 is 5.73 Å². The fourth-order valence-electron chi connectivity index (χ4n) is 0.490. The Bertz CT molecular complexity index is 189. The summed E-state index contributed by atoms with van der Waals surface area (Å²) in [5.74, 6) is -1.01. The zero-order valence-electron chi connectivity index (χ0n) is 8.17. The topological polar surface area (TPSA) is 119 Å². The number of aliphatic hydroxyl groups excluding tert-OH is 1. The van der Waals surface area contributed by atoms with Crippen molar-refractivity contribution >= 4 is 13.6 Å². The van der Waals surface area contributed by atoms with Crippen molar-refractivity contribution < 1.29 is 28.6 Å². The summed E-state index contributed by atoms with van der Waals surface area (Å²) in [6.45, 7) is -0.250. The van der Waals surface area contributed by atoms with Crippen LogP contribution in [0.1, 0.15) is 6.42 Å². The summed E-state index contributed by atoms with van der Waals surface area (Å²) in [6.07, 6.45) is -0.297. The summed E-state index contributed by atoms with van der Waals surface area (Å²) in [6, 6.07) is 0. The van der Waals surface area contributed by atoms with Crippen molar-refractivity contribution in [3.63, 3.8) is 0 Å². The minimum absolute atomic E-state index is 0.0880. The van der Waals surface area contributed by atoms with Crippen LogP contribution >= 0.6 is 7.60 Å². The minimum atomic E-state index is -3.12. The van der Waals surface area contributed by atoms with Gasteiger partial charge >= 0.3 is 13.6 Å².